The van der Waals surface area contributed by atoms with Crippen LogP contribution in [0.2, 0.25) is 5.02 Å². The van der Waals surface area contributed by atoms with Crippen molar-refractivity contribution < 1.29 is 13.9 Å². The van der Waals surface area contributed by atoms with Gasteiger partial charge in [0.15, 0.2) is 0 Å². The lowest BCUT2D eigenvalue weighted by atomic mass is 10.0. The van der Waals surface area contributed by atoms with E-state index in [-0.39, 0.29) is 11.9 Å². The Hall–Kier alpha value is -2.65. The molecule has 0 bridgehead atoms. The van der Waals surface area contributed by atoms with Gasteiger partial charge in [-0.25, -0.2) is 4.68 Å². The SMILES string of the molecule is COc1ccc([C@@H]2Nn3c(C)nnc3S[C@H]2C(=O)NCc2ccco2)cc1Cl. The zero-order chi connectivity index (χ0) is 19.7. The number of furan rings is 1. The number of hydrogen-bond acceptors (Lipinski definition) is 7. The molecular weight excluding hydrogens is 402 g/mol. The first-order valence-corrected chi connectivity index (χ1v) is 9.81. The fourth-order valence-corrected chi connectivity index (χ4v) is 4.39. The minimum absolute atomic E-state index is 0.141. The predicted molar refractivity (Wildman–Crippen MR) is 105 cm³/mol. The molecule has 1 amide bonds. The lowest BCUT2D eigenvalue weighted by Gasteiger charge is -2.32. The van der Waals surface area contributed by atoms with Crippen molar-refractivity contribution in [1.29, 1.82) is 0 Å². The van der Waals surface area contributed by atoms with Gasteiger partial charge in [-0.3, -0.25) is 4.79 Å². The predicted octanol–water partition coefficient (Wildman–Crippen LogP) is 2.92. The average molecular weight is 420 g/mol. The van der Waals surface area contributed by atoms with E-state index >= 15 is 0 Å². The Morgan fingerprint density at radius 3 is 3.00 bits per heavy atom. The van der Waals surface area contributed by atoms with E-state index in [2.05, 4.69) is 20.9 Å². The smallest absolute Gasteiger partial charge is 0.236 e. The van der Waals surface area contributed by atoms with Gasteiger partial charge in [-0.05, 0) is 36.8 Å². The molecule has 0 fully saturated rings. The fraction of sp³-hybridized carbons (Fsp3) is 0.278. The molecule has 0 unspecified atom stereocenters. The second kappa shape index (κ2) is 7.76. The molecule has 0 saturated heterocycles. The van der Waals surface area contributed by atoms with Crippen LogP contribution in [0.3, 0.4) is 0 Å². The number of benzene rings is 1. The van der Waals surface area contributed by atoms with E-state index in [9.17, 15) is 4.79 Å². The fourth-order valence-electron chi connectivity index (χ4n) is 2.97. The van der Waals surface area contributed by atoms with E-state index in [4.69, 9.17) is 20.8 Å². The largest absolute Gasteiger partial charge is 0.495 e. The van der Waals surface area contributed by atoms with Crippen molar-refractivity contribution in [3.63, 3.8) is 0 Å². The Morgan fingerprint density at radius 2 is 2.29 bits per heavy atom. The van der Waals surface area contributed by atoms with Crippen molar-refractivity contribution in [2.45, 2.75) is 29.9 Å². The number of hydrogen-bond donors (Lipinski definition) is 2. The van der Waals surface area contributed by atoms with Crippen molar-refractivity contribution >= 4 is 29.3 Å². The number of rotatable bonds is 5. The van der Waals surface area contributed by atoms with Crippen LogP contribution < -0.4 is 15.5 Å². The first-order valence-electron chi connectivity index (χ1n) is 8.55. The van der Waals surface area contributed by atoms with Gasteiger partial charge in [-0.1, -0.05) is 29.4 Å². The summed E-state index contributed by atoms with van der Waals surface area (Å²) < 4.78 is 12.3. The summed E-state index contributed by atoms with van der Waals surface area (Å²) in [6.45, 7) is 2.16. The molecule has 10 heteroatoms. The molecule has 3 heterocycles. The van der Waals surface area contributed by atoms with Gasteiger partial charge in [0.1, 0.15) is 22.6 Å². The number of carbonyl (C=O) groups is 1. The van der Waals surface area contributed by atoms with Crippen LogP contribution in [0, 0.1) is 6.92 Å². The maximum absolute atomic E-state index is 13.0. The van der Waals surface area contributed by atoms with Crippen LogP contribution in [0.15, 0.2) is 46.2 Å². The minimum Gasteiger partial charge on any atom is -0.495 e. The number of amides is 1. The van der Waals surface area contributed by atoms with Crippen molar-refractivity contribution in [3.05, 3.63) is 58.8 Å². The lowest BCUT2D eigenvalue weighted by Crippen LogP contribution is -2.44. The van der Waals surface area contributed by atoms with E-state index in [0.717, 1.165) is 5.56 Å². The summed E-state index contributed by atoms with van der Waals surface area (Å²) in [6.07, 6.45) is 1.58. The van der Waals surface area contributed by atoms with Gasteiger partial charge < -0.3 is 19.9 Å². The molecule has 0 spiro atoms. The zero-order valence-corrected chi connectivity index (χ0v) is 16.8. The Kier molecular flexibility index (Phi) is 5.19. The van der Waals surface area contributed by atoms with Crippen LogP contribution in [0.4, 0.5) is 0 Å². The number of halogens is 1. The third-order valence-electron chi connectivity index (χ3n) is 4.41. The van der Waals surface area contributed by atoms with Crippen LogP contribution in [0.5, 0.6) is 5.75 Å². The maximum Gasteiger partial charge on any atom is 0.236 e. The highest BCUT2D eigenvalue weighted by molar-refractivity contribution is 8.00. The highest BCUT2D eigenvalue weighted by Gasteiger charge is 2.37. The molecule has 2 aromatic heterocycles. The Balaban J connectivity index is 1.63. The molecule has 2 atom stereocenters. The van der Waals surface area contributed by atoms with E-state index in [1.807, 2.05) is 19.1 Å². The molecule has 1 aromatic carbocycles. The quantitative estimate of drug-likeness (QED) is 0.656. The molecule has 0 aliphatic carbocycles. The summed E-state index contributed by atoms with van der Waals surface area (Å²) in [4.78, 5) is 13.0. The minimum atomic E-state index is -0.476. The number of aryl methyl sites for hydroxylation is 1. The maximum atomic E-state index is 13.0. The highest BCUT2D eigenvalue weighted by atomic mass is 35.5. The molecule has 0 radical (unpaired) electrons. The number of carbonyl (C=O) groups excluding carboxylic acids is 1. The standard InChI is InChI=1S/C18H18ClN5O3S/c1-10-21-22-18-24(10)23-15(11-5-6-14(26-2)13(19)8-11)16(28-18)17(25)20-9-12-4-3-7-27-12/h3-8,15-16,23H,9H2,1-2H3,(H,20,25)/t15-,16+/m0/s1. The summed E-state index contributed by atoms with van der Waals surface area (Å²) >= 11 is 7.66. The summed E-state index contributed by atoms with van der Waals surface area (Å²) in [5, 5.41) is 11.8. The molecule has 0 saturated carbocycles. The third kappa shape index (κ3) is 3.55. The van der Waals surface area contributed by atoms with Crippen LogP contribution >= 0.6 is 23.4 Å². The number of thioether (sulfide) groups is 1. The van der Waals surface area contributed by atoms with Crippen molar-refractivity contribution in [1.82, 2.24) is 20.2 Å². The number of methoxy groups -OCH3 is 1. The molecule has 3 aromatic rings. The van der Waals surface area contributed by atoms with Gasteiger partial charge in [0.05, 0.1) is 31.0 Å². The first kappa shape index (κ1) is 18.7. The molecule has 1 aliphatic heterocycles. The molecule has 2 N–H and O–H groups in total. The lowest BCUT2D eigenvalue weighted by molar-refractivity contribution is -0.121. The van der Waals surface area contributed by atoms with Crippen LogP contribution in [-0.4, -0.2) is 33.1 Å². The monoisotopic (exact) mass is 419 g/mol. The number of aromatic nitrogens is 3. The number of ether oxygens (including phenoxy) is 1. The van der Waals surface area contributed by atoms with E-state index < -0.39 is 5.25 Å². The van der Waals surface area contributed by atoms with Gasteiger partial charge in [-0.15, -0.1) is 10.2 Å². The molecule has 4 rings (SSSR count). The summed E-state index contributed by atoms with van der Waals surface area (Å²) in [7, 11) is 1.56. The van der Waals surface area contributed by atoms with Crippen LogP contribution in [0.25, 0.3) is 0 Å². The molecule has 1 aliphatic rings. The molecular formula is C18H18ClN5O3S. The highest BCUT2D eigenvalue weighted by Crippen LogP contribution is 2.38. The average Bonchev–Trinajstić information content (AvgIpc) is 3.35. The summed E-state index contributed by atoms with van der Waals surface area (Å²) in [5.41, 5.74) is 4.19. The Morgan fingerprint density at radius 1 is 1.43 bits per heavy atom. The molecule has 28 heavy (non-hydrogen) atoms. The Labute approximate surface area is 170 Å². The topological polar surface area (TPSA) is 94.2 Å². The Bertz CT molecular complexity index is 991. The van der Waals surface area contributed by atoms with Gasteiger partial charge in [0, 0.05) is 0 Å². The molecule has 146 valence electrons. The van der Waals surface area contributed by atoms with E-state index in [1.54, 1.807) is 36.2 Å². The van der Waals surface area contributed by atoms with Gasteiger partial charge in [0.2, 0.25) is 11.1 Å². The van der Waals surface area contributed by atoms with Crippen LogP contribution in [0.1, 0.15) is 23.2 Å². The van der Waals surface area contributed by atoms with Gasteiger partial charge in [0.25, 0.3) is 0 Å². The number of nitrogens with zero attached hydrogens (tertiary/aromatic N) is 3. The third-order valence-corrected chi connectivity index (χ3v) is 5.92. The molecule has 8 nitrogen and oxygen atoms in total. The second-order valence-electron chi connectivity index (χ2n) is 6.20. The first-order chi connectivity index (χ1) is 13.6. The van der Waals surface area contributed by atoms with Crippen molar-refractivity contribution in [2.24, 2.45) is 0 Å². The van der Waals surface area contributed by atoms with Crippen LogP contribution in [-0.2, 0) is 11.3 Å². The van der Waals surface area contributed by atoms with Crippen molar-refractivity contribution in [2.75, 3.05) is 12.5 Å². The zero-order valence-electron chi connectivity index (χ0n) is 15.2. The number of fused-ring (bicyclic) bond motifs is 1. The summed E-state index contributed by atoms with van der Waals surface area (Å²) in [5.74, 6) is 1.83. The van der Waals surface area contributed by atoms with Crippen molar-refractivity contribution in [3.8, 4) is 5.75 Å². The van der Waals surface area contributed by atoms with Gasteiger partial charge in [-0.2, -0.15) is 0 Å². The van der Waals surface area contributed by atoms with E-state index in [1.165, 1.54) is 11.8 Å². The summed E-state index contributed by atoms with van der Waals surface area (Å²) in [6, 6.07) is 8.73. The normalized spacial score (nSPS) is 18.2. The van der Waals surface area contributed by atoms with Gasteiger partial charge >= 0.3 is 0 Å². The second-order valence-corrected chi connectivity index (χ2v) is 7.72. The number of nitrogens with one attached hydrogen (secondary N) is 2. The van der Waals surface area contributed by atoms with E-state index in [0.29, 0.717) is 34.1 Å².